The van der Waals surface area contributed by atoms with Crippen molar-refractivity contribution in [3.63, 3.8) is 0 Å². The van der Waals surface area contributed by atoms with E-state index in [9.17, 15) is 22.8 Å². The van der Waals surface area contributed by atoms with Crippen LogP contribution in [0.25, 0.3) is 10.4 Å². The van der Waals surface area contributed by atoms with Crippen LogP contribution in [0, 0.1) is 13.8 Å². The van der Waals surface area contributed by atoms with Gasteiger partial charge in [0.25, 0.3) is 0 Å². The average molecular weight is 449 g/mol. The number of carbonyl (C=O) groups is 2. The molecule has 4 rings (SSSR count). The van der Waals surface area contributed by atoms with Gasteiger partial charge in [-0.05, 0) is 61.7 Å². The number of rotatable bonds is 4. The van der Waals surface area contributed by atoms with E-state index in [1.54, 1.807) is 35.9 Å². The predicted octanol–water partition coefficient (Wildman–Crippen LogP) is 5.28. The molecule has 1 N–H and O–H groups in total. The smallest absolute Gasteiger partial charge is 0.406 e. The van der Waals surface area contributed by atoms with Crippen LogP contribution in [-0.4, -0.2) is 27.6 Å². The van der Waals surface area contributed by atoms with Gasteiger partial charge in [0.1, 0.15) is 11.8 Å². The highest BCUT2D eigenvalue weighted by Gasteiger charge is 2.32. The van der Waals surface area contributed by atoms with E-state index >= 15 is 0 Å². The molecule has 6 nitrogen and oxygen atoms in total. The van der Waals surface area contributed by atoms with Crippen molar-refractivity contribution in [3.8, 4) is 16.2 Å². The van der Waals surface area contributed by atoms with Gasteiger partial charge < -0.3 is 14.6 Å². The fourth-order valence-corrected chi connectivity index (χ4v) is 4.60. The largest absolute Gasteiger partial charge is 0.573 e. The summed E-state index contributed by atoms with van der Waals surface area (Å²) in [7, 11) is 0. The molecule has 31 heavy (non-hydrogen) atoms. The summed E-state index contributed by atoms with van der Waals surface area (Å²) in [6.45, 7) is 3.29. The summed E-state index contributed by atoms with van der Waals surface area (Å²) < 4.78 is 43.2. The molecule has 10 heteroatoms. The van der Waals surface area contributed by atoms with E-state index in [-0.39, 0.29) is 17.4 Å². The molecule has 1 aliphatic rings. The van der Waals surface area contributed by atoms with Crippen LogP contribution < -0.4 is 10.1 Å². The molecule has 162 valence electrons. The minimum atomic E-state index is -4.76. The first-order valence-electron chi connectivity index (χ1n) is 9.47. The number of amides is 1. The Kier molecular flexibility index (Phi) is 5.34. The Balaban J connectivity index is 1.54. The second-order valence-corrected chi connectivity index (χ2v) is 8.23. The second-order valence-electron chi connectivity index (χ2n) is 7.23. The fraction of sp³-hybridized carbons (Fsp3) is 0.286. The van der Waals surface area contributed by atoms with Crippen LogP contribution in [0.2, 0.25) is 0 Å². The number of anilines is 1. The molecule has 1 atom stereocenters. The average Bonchev–Trinajstić information content (AvgIpc) is 3.30. The van der Waals surface area contributed by atoms with Crippen LogP contribution in [-0.2, 0) is 4.79 Å². The van der Waals surface area contributed by atoms with Crippen molar-refractivity contribution >= 4 is 28.2 Å². The molecule has 2 aromatic heterocycles. The zero-order chi connectivity index (χ0) is 22.3. The third-order valence-electron chi connectivity index (χ3n) is 5.04. The van der Waals surface area contributed by atoms with Gasteiger partial charge in [0.2, 0.25) is 5.91 Å². The lowest BCUT2D eigenvalue weighted by Crippen LogP contribution is -2.31. The quantitative estimate of drug-likeness (QED) is 0.588. The number of fused-ring (bicyclic) bond motifs is 1. The Bertz CT molecular complexity index is 1170. The minimum absolute atomic E-state index is 0.00903. The summed E-state index contributed by atoms with van der Waals surface area (Å²) in [5.74, 6) is -0.522. The van der Waals surface area contributed by atoms with Gasteiger partial charge in [0.05, 0.1) is 16.3 Å². The summed E-state index contributed by atoms with van der Waals surface area (Å²) >= 11 is 1.23. The van der Waals surface area contributed by atoms with E-state index in [0.29, 0.717) is 40.5 Å². The second kappa shape index (κ2) is 7.84. The Morgan fingerprint density at radius 2 is 2.06 bits per heavy atom. The maximum atomic E-state index is 12.8. The van der Waals surface area contributed by atoms with Gasteiger partial charge in [-0.25, -0.2) is 4.98 Å². The molecule has 3 heterocycles. The summed E-state index contributed by atoms with van der Waals surface area (Å²) in [6, 6.07) is 7.31. The van der Waals surface area contributed by atoms with Gasteiger partial charge >= 0.3 is 6.36 Å². The fourth-order valence-electron chi connectivity index (χ4n) is 3.63. The number of ether oxygens (including phenoxy) is 1. The molecule has 1 aliphatic heterocycles. The number of hydrogen-bond acceptors (Lipinski definition) is 5. The monoisotopic (exact) mass is 449 g/mol. The van der Waals surface area contributed by atoms with E-state index in [1.165, 1.54) is 30.4 Å². The number of thiazole rings is 1. The van der Waals surface area contributed by atoms with Gasteiger partial charge in [-0.2, -0.15) is 0 Å². The standard InChI is InChI=1S/C21H18F3N3O3S/c1-11-10-13(5-8-17(11)30-21(22,23)24)18-12(2)25-20(31-18)26-19(29)15-6-7-16(28)14-4-3-9-27(14)15/h3-5,8-10,15H,6-7H2,1-2H3,(H,25,26,29). The SMILES string of the molecule is Cc1cc(-c2sc(NC(=O)C3CCC(=O)c4cccn43)nc2C)ccc1OC(F)(F)F. The number of nitrogens with zero attached hydrogens (tertiary/aromatic N) is 2. The van der Waals surface area contributed by atoms with Crippen molar-refractivity contribution in [1.82, 2.24) is 9.55 Å². The maximum Gasteiger partial charge on any atom is 0.573 e. The predicted molar refractivity (Wildman–Crippen MR) is 109 cm³/mol. The Morgan fingerprint density at radius 1 is 1.29 bits per heavy atom. The number of Topliss-reactive ketones (excluding diaryl/α,β-unsaturated/α-hetero) is 1. The molecule has 3 aromatic rings. The van der Waals surface area contributed by atoms with Crippen molar-refractivity contribution in [1.29, 1.82) is 0 Å². The summed E-state index contributed by atoms with van der Waals surface area (Å²) in [6.07, 6.45) is -2.34. The number of ketones is 1. The topological polar surface area (TPSA) is 73.2 Å². The number of nitrogens with one attached hydrogen (secondary N) is 1. The zero-order valence-corrected chi connectivity index (χ0v) is 17.4. The Labute approximate surface area is 179 Å². The van der Waals surface area contributed by atoms with Crippen LogP contribution in [0.15, 0.2) is 36.5 Å². The molecule has 0 bridgehead atoms. The highest BCUT2D eigenvalue weighted by atomic mass is 32.1. The highest BCUT2D eigenvalue weighted by Crippen LogP contribution is 2.36. The first kappa shape index (κ1) is 21.1. The van der Waals surface area contributed by atoms with Gasteiger partial charge in [0, 0.05) is 12.6 Å². The number of alkyl halides is 3. The Hall–Kier alpha value is -3.14. The van der Waals surface area contributed by atoms with Crippen molar-refractivity contribution < 1.29 is 27.5 Å². The van der Waals surface area contributed by atoms with Crippen LogP contribution in [0.5, 0.6) is 5.75 Å². The van der Waals surface area contributed by atoms with Crippen LogP contribution >= 0.6 is 11.3 Å². The molecule has 0 saturated carbocycles. The molecule has 1 amide bonds. The lowest BCUT2D eigenvalue weighted by molar-refractivity contribution is -0.274. The lowest BCUT2D eigenvalue weighted by atomic mass is 10.0. The number of aromatic nitrogens is 2. The van der Waals surface area contributed by atoms with E-state index in [2.05, 4.69) is 15.0 Å². The van der Waals surface area contributed by atoms with Crippen molar-refractivity contribution in [2.75, 3.05) is 5.32 Å². The molecule has 1 unspecified atom stereocenters. The molecule has 0 saturated heterocycles. The van der Waals surface area contributed by atoms with E-state index < -0.39 is 12.4 Å². The molecular weight excluding hydrogens is 431 g/mol. The van der Waals surface area contributed by atoms with Gasteiger partial charge in [-0.1, -0.05) is 11.3 Å². The van der Waals surface area contributed by atoms with Crippen LogP contribution in [0.3, 0.4) is 0 Å². The highest BCUT2D eigenvalue weighted by molar-refractivity contribution is 7.19. The van der Waals surface area contributed by atoms with Crippen molar-refractivity contribution in [2.24, 2.45) is 0 Å². The molecule has 0 spiro atoms. The Morgan fingerprint density at radius 3 is 2.77 bits per heavy atom. The lowest BCUT2D eigenvalue weighted by Gasteiger charge is -2.24. The van der Waals surface area contributed by atoms with Gasteiger partial charge in [-0.15, -0.1) is 13.2 Å². The number of halogens is 3. The van der Waals surface area contributed by atoms with Crippen LogP contribution in [0.1, 0.15) is 40.6 Å². The maximum absolute atomic E-state index is 12.8. The molecule has 0 fully saturated rings. The first-order chi connectivity index (χ1) is 14.6. The zero-order valence-electron chi connectivity index (χ0n) is 16.6. The molecular formula is C21H18F3N3O3S. The number of aryl methyl sites for hydroxylation is 2. The molecule has 0 aliphatic carbocycles. The summed E-state index contributed by atoms with van der Waals surface area (Å²) in [5, 5.41) is 3.19. The molecule has 1 aromatic carbocycles. The van der Waals surface area contributed by atoms with E-state index in [4.69, 9.17) is 0 Å². The summed E-state index contributed by atoms with van der Waals surface area (Å²) in [5.41, 5.74) is 2.17. The van der Waals surface area contributed by atoms with Crippen molar-refractivity contribution in [3.05, 3.63) is 53.5 Å². The number of carbonyl (C=O) groups excluding carboxylic acids is 2. The summed E-state index contributed by atoms with van der Waals surface area (Å²) in [4.78, 5) is 29.9. The van der Waals surface area contributed by atoms with Crippen molar-refractivity contribution in [2.45, 2.75) is 39.1 Å². The van der Waals surface area contributed by atoms with Crippen LogP contribution in [0.4, 0.5) is 18.3 Å². The van der Waals surface area contributed by atoms with E-state index in [0.717, 1.165) is 4.88 Å². The number of hydrogen-bond donors (Lipinski definition) is 1. The third kappa shape index (κ3) is 4.34. The van der Waals surface area contributed by atoms with E-state index in [1.807, 2.05) is 0 Å². The first-order valence-corrected chi connectivity index (χ1v) is 10.3. The number of benzene rings is 1. The normalized spacial score (nSPS) is 16.2. The molecule has 0 radical (unpaired) electrons. The third-order valence-corrected chi connectivity index (χ3v) is 6.16. The van der Waals surface area contributed by atoms with Gasteiger partial charge in [-0.3, -0.25) is 9.59 Å². The van der Waals surface area contributed by atoms with Gasteiger partial charge in [0.15, 0.2) is 10.9 Å². The minimum Gasteiger partial charge on any atom is -0.406 e.